The monoisotopic (exact) mass is 441 g/mol. The first-order chi connectivity index (χ1) is 14.8. The topological polar surface area (TPSA) is 106 Å². The second kappa shape index (κ2) is 8.58. The molecule has 2 atom stereocenters. The Morgan fingerprint density at radius 1 is 1.16 bits per heavy atom. The number of imidazole rings is 1. The van der Waals surface area contributed by atoms with Crippen molar-refractivity contribution < 1.29 is 17.9 Å². The Morgan fingerprint density at radius 2 is 1.94 bits per heavy atom. The standard InChI is InChI=1S/C21H23N5O4S/c1-15-12-26(13-16(2)30-15)31(28,29)19-5-3-4-17(10-19)21(27)24-18-6-7-20(23-11-18)25-9-8-22-14-25/h3-11,14-16H,12-13H2,1-2H3,(H,24,27). The van der Waals surface area contributed by atoms with Gasteiger partial charge in [0.15, 0.2) is 0 Å². The molecule has 31 heavy (non-hydrogen) atoms. The molecule has 0 bridgehead atoms. The van der Waals surface area contributed by atoms with Crippen LogP contribution in [0.3, 0.4) is 0 Å². The fourth-order valence-electron chi connectivity index (χ4n) is 3.48. The van der Waals surface area contributed by atoms with Gasteiger partial charge in [-0.05, 0) is 44.2 Å². The Kier molecular flexibility index (Phi) is 5.86. The molecule has 4 rings (SSSR count). The maximum Gasteiger partial charge on any atom is 0.255 e. The van der Waals surface area contributed by atoms with E-state index in [4.69, 9.17) is 4.74 Å². The predicted octanol–water partition coefficient (Wildman–Crippen LogP) is 2.32. The van der Waals surface area contributed by atoms with Crippen molar-refractivity contribution in [2.45, 2.75) is 31.0 Å². The Labute approximate surface area is 180 Å². The van der Waals surface area contributed by atoms with Crippen LogP contribution in [0.5, 0.6) is 0 Å². The molecule has 162 valence electrons. The van der Waals surface area contributed by atoms with Crippen LogP contribution in [0.4, 0.5) is 5.69 Å². The van der Waals surface area contributed by atoms with E-state index in [9.17, 15) is 13.2 Å². The molecule has 0 aliphatic carbocycles. The SMILES string of the molecule is CC1CN(S(=O)(=O)c2cccc(C(=O)Nc3ccc(-n4ccnc4)nc3)c2)CC(C)O1. The van der Waals surface area contributed by atoms with Crippen molar-refractivity contribution in [1.29, 1.82) is 0 Å². The summed E-state index contributed by atoms with van der Waals surface area (Å²) in [6.07, 6.45) is 6.19. The lowest BCUT2D eigenvalue weighted by Crippen LogP contribution is -2.48. The number of carbonyl (C=O) groups is 1. The molecular weight excluding hydrogens is 418 g/mol. The smallest absolute Gasteiger partial charge is 0.255 e. The minimum absolute atomic E-state index is 0.0787. The number of anilines is 1. The summed E-state index contributed by atoms with van der Waals surface area (Å²) < 4.78 is 34.9. The van der Waals surface area contributed by atoms with Crippen molar-refractivity contribution in [3.05, 3.63) is 66.9 Å². The van der Waals surface area contributed by atoms with Crippen molar-refractivity contribution in [3.8, 4) is 5.82 Å². The summed E-state index contributed by atoms with van der Waals surface area (Å²) >= 11 is 0. The minimum atomic E-state index is -3.74. The zero-order chi connectivity index (χ0) is 22.0. The van der Waals surface area contributed by atoms with E-state index < -0.39 is 15.9 Å². The lowest BCUT2D eigenvalue weighted by molar-refractivity contribution is -0.0440. The van der Waals surface area contributed by atoms with Crippen LogP contribution in [0, 0.1) is 0 Å². The van der Waals surface area contributed by atoms with Crippen LogP contribution in [0.25, 0.3) is 5.82 Å². The van der Waals surface area contributed by atoms with E-state index in [2.05, 4.69) is 15.3 Å². The molecule has 1 saturated heterocycles. The molecule has 1 aliphatic rings. The molecule has 10 heteroatoms. The molecule has 1 amide bonds. The molecule has 0 radical (unpaired) electrons. The van der Waals surface area contributed by atoms with Gasteiger partial charge in [0.05, 0.1) is 29.0 Å². The fraction of sp³-hybridized carbons (Fsp3) is 0.286. The van der Waals surface area contributed by atoms with Gasteiger partial charge in [-0.1, -0.05) is 6.07 Å². The molecule has 1 aliphatic heterocycles. The number of morpholine rings is 1. The highest BCUT2D eigenvalue weighted by Crippen LogP contribution is 2.22. The van der Waals surface area contributed by atoms with E-state index in [1.807, 2.05) is 13.8 Å². The number of pyridine rings is 1. The number of nitrogens with zero attached hydrogens (tertiary/aromatic N) is 4. The quantitative estimate of drug-likeness (QED) is 0.651. The van der Waals surface area contributed by atoms with Gasteiger partial charge < -0.3 is 10.1 Å². The van der Waals surface area contributed by atoms with Gasteiger partial charge in [0.2, 0.25) is 10.0 Å². The van der Waals surface area contributed by atoms with Crippen molar-refractivity contribution >= 4 is 21.6 Å². The van der Waals surface area contributed by atoms with E-state index in [0.29, 0.717) is 11.5 Å². The Hall–Kier alpha value is -3.08. The number of benzene rings is 1. The summed E-state index contributed by atoms with van der Waals surface area (Å²) in [5.41, 5.74) is 0.743. The minimum Gasteiger partial charge on any atom is -0.373 e. The van der Waals surface area contributed by atoms with E-state index in [0.717, 1.165) is 0 Å². The second-order valence-corrected chi connectivity index (χ2v) is 9.37. The summed E-state index contributed by atoms with van der Waals surface area (Å²) in [7, 11) is -3.74. The number of aromatic nitrogens is 3. The molecule has 0 saturated carbocycles. The molecule has 2 unspecified atom stereocenters. The highest BCUT2D eigenvalue weighted by molar-refractivity contribution is 7.89. The average Bonchev–Trinajstić information content (AvgIpc) is 3.28. The lowest BCUT2D eigenvalue weighted by atomic mass is 10.2. The highest BCUT2D eigenvalue weighted by Gasteiger charge is 2.32. The van der Waals surface area contributed by atoms with Crippen LogP contribution < -0.4 is 5.32 Å². The Balaban J connectivity index is 1.50. The second-order valence-electron chi connectivity index (χ2n) is 7.44. The third-order valence-electron chi connectivity index (χ3n) is 4.89. The number of hydrogen-bond acceptors (Lipinski definition) is 6. The number of rotatable bonds is 5. The van der Waals surface area contributed by atoms with Gasteiger partial charge in [0.25, 0.3) is 5.91 Å². The number of nitrogens with one attached hydrogen (secondary N) is 1. The number of hydrogen-bond donors (Lipinski definition) is 1. The van der Waals surface area contributed by atoms with E-state index in [1.54, 1.807) is 47.6 Å². The summed E-state index contributed by atoms with van der Waals surface area (Å²) in [6, 6.07) is 9.50. The van der Waals surface area contributed by atoms with E-state index >= 15 is 0 Å². The van der Waals surface area contributed by atoms with Gasteiger partial charge in [-0.15, -0.1) is 0 Å². The van der Waals surface area contributed by atoms with Gasteiger partial charge in [0, 0.05) is 31.0 Å². The first kappa shape index (κ1) is 21.2. The van der Waals surface area contributed by atoms with E-state index in [1.165, 1.54) is 22.6 Å². The van der Waals surface area contributed by atoms with Crippen LogP contribution in [-0.4, -0.2) is 58.5 Å². The first-order valence-electron chi connectivity index (χ1n) is 9.84. The van der Waals surface area contributed by atoms with Crippen molar-refractivity contribution in [1.82, 2.24) is 18.8 Å². The van der Waals surface area contributed by atoms with Crippen LogP contribution in [-0.2, 0) is 14.8 Å². The molecule has 3 aromatic rings. The Bertz CT molecular complexity index is 1150. The summed E-state index contributed by atoms with van der Waals surface area (Å²) in [4.78, 5) is 21.1. The maximum absolute atomic E-state index is 13.1. The normalized spacial score (nSPS) is 19.8. The molecule has 1 N–H and O–H groups in total. The third kappa shape index (κ3) is 4.66. The summed E-state index contributed by atoms with van der Waals surface area (Å²) in [5.74, 6) is 0.246. The lowest BCUT2D eigenvalue weighted by Gasteiger charge is -2.34. The summed E-state index contributed by atoms with van der Waals surface area (Å²) in [6.45, 7) is 4.23. The fourth-order valence-corrected chi connectivity index (χ4v) is 5.12. The molecule has 3 heterocycles. The van der Waals surface area contributed by atoms with E-state index in [-0.39, 0.29) is 35.8 Å². The van der Waals surface area contributed by atoms with Crippen LogP contribution in [0.15, 0.2) is 66.2 Å². The molecule has 1 aromatic carbocycles. The van der Waals surface area contributed by atoms with Gasteiger partial charge in [-0.2, -0.15) is 4.31 Å². The number of ether oxygens (including phenoxy) is 1. The highest BCUT2D eigenvalue weighted by atomic mass is 32.2. The van der Waals surface area contributed by atoms with Gasteiger partial charge in [-0.3, -0.25) is 9.36 Å². The van der Waals surface area contributed by atoms with Crippen molar-refractivity contribution in [2.24, 2.45) is 0 Å². The van der Waals surface area contributed by atoms with Gasteiger partial charge in [-0.25, -0.2) is 18.4 Å². The third-order valence-corrected chi connectivity index (χ3v) is 6.72. The largest absolute Gasteiger partial charge is 0.373 e. The predicted molar refractivity (Wildman–Crippen MR) is 115 cm³/mol. The van der Waals surface area contributed by atoms with Crippen molar-refractivity contribution in [3.63, 3.8) is 0 Å². The average molecular weight is 442 g/mol. The number of amides is 1. The molecule has 0 spiro atoms. The molecule has 9 nitrogen and oxygen atoms in total. The Morgan fingerprint density at radius 3 is 2.58 bits per heavy atom. The zero-order valence-corrected chi connectivity index (χ0v) is 18.0. The number of carbonyl (C=O) groups excluding carboxylic acids is 1. The van der Waals surface area contributed by atoms with Gasteiger partial charge in [0.1, 0.15) is 12.1 Å². The van der Waals surface area contributed by atoms with Crippen molar-refractivity contribution in [2.75, 3.05) is 18.4 Å². The molecule has 2 aromatic heterocycles. The molecule has 1 fully saturated rings. The van der Waals surface area contributed by atoms with Crippen LogP contribution in [0.1, 0.15) is 24.2 Å². The first-order valence-corrected chi connectivity index (χ1v) is 11.3. The van der Waals surface area contributed by atoms with Gasteiger partial charge >= 0.3 is 0 Å². The van der Waals surface area contributed by atoms with Crippen LogP contribution in [0.2, 0.25) is 0 Å². The zero-order valence-electron chi connectivity index (χ0n) is 17.2. The molecular formula is C21H23N5O4S. The maximum atomic E-state index is 13.1. The van der Waals surface area contributed by atoms with Crippen LogP contribution >= 0.6 is 0 Å². The number of sulfonamides is 1. The summed E-state index contributed by atoms with van der Waals surface area (Å²) in [5, 5.41) is 2.75.